The van der Waals surface area contributed by atoms with E-state index in [0.717, 1.165) is 0 Å². The first-order chi connectivity index (χ1) is 14.4. The van der Waals surface area contributed by atoms with Crippen LogP contribution < -0.4 is 14.8 Å². The molecule has 3 aromatic rings. The number of hydrogen-bond acceptors (Lipinski definition) is 6. The third-order valence-corrected chi connectivity index (χ3v) is 4.18. The standard InChI is InChI=1S/C21H15ClN2O6/c22-19-7-2-1-6-18(19)21(26)23-14-8-10-16(11-9-14)30-20(25)13-29-17-5-3-4-15(12-17)24(27)28/h1-12H,13H2,(H,23,26). The number of rotatable bonds is 7. The van der Waals surface area contributed by atoms with Crippen LogP contribution in [0.4, 0.5) is 11.4 Å². The van der Waals surface area contributed by atoms with Crippen molar-refractivity contribution in [2.75, 3.05) is 11.9 Å². The molecule has 0 saturated carbocycles. The Morgan fingerprint density at radius 3 is 2.40 bits per heavy atom. The van der Waals surface area contributed by atoms with Crippen molar-refractivity contribution < 1.29 is 24.0 Å². The SMILES string of the molecule is O=C(COc1cccc([N+](=O)[O-])c1)Oc1ccc(NC(=O)c2ccccc2Cl)cc1. The number of nitrogens with one attached hydrogen (secondary N) is 1. The molecule has 0 aliphatic heterocycles. The van der Waals surface area contributed by atoms with Crippen molar-refractivity contribution in [1.29, 1.82) is 0 Å². The van der Waals surface area contributed by atoms with Crippen LogP contribution in [0.15, 0.2) is 72.8 Å². The van der Waals surface area contributed by atoms with Crippen molar-refractivity contribution in [3.05, 3.63) is 93.5 Å². The van der Waals surface area contributed by atoms with Crippen molar-refractivity contribution >= 4 is 34.9 Å². The van der Waals surface area contributed by atoms with E-state index in [1.54, 1.807) is 36.4 Å². The van der Waals surface area contributed by atoms with E-state index in [4.69, 9.17) is 21.1 Å². The maximum atomic E-state index is 12.2. The van der Waals surface area contributed by atoms with Gasteiger partial charge in [-0.25, -0.2) is 4.79 Å². The molecule has 30 heavy (non-hydrogen) atoms. The molecule has 0 aliphatic carbocycles. The number of benzene rings is 3. The molecule has 0 radical (unpaired) electrons. The van der Waals surface area contributed by atoms with E-state index in [0.29, 0.717) is 16.3 Å². The smallest absolute Gasteiger partial charge is 0.349 e. The van der Waals surface area contributed by atoms with Crippen LogP contribution >= 0.6 is 11.6 Å². The average Bonchev–Trinajstić information content (AvgIpc) is 2.74. The van der Waals surface area contributed by atoms with Gasteiger partial charge in [0, 0.05) is 11.8 Å². The van der Waals surface area contributed by atoms with E-state index in [9.17, 15) is 19.7 Å². The molecule has 8 nitrogen and oxygen atoms in total. The number of ether oxygens (including phenoxy) is 2. The highest BCUT2D eigenvalue weighted by Gasteiger charge is 2.12. The van der Waals surface area contributed by atoms with E-state index in [2.05, 4.69) is 5.32 Å². The van der Waals surface area contributed by atoms with Crippen molar-refractivity contribution in [3.63, 3.8) is 0 Å². The number of amides is 1. The summed E-state index contributed by atoms with van der Waals surface area (Å²) in [5, 5.41) is 13.8. The summed E-state index contributed by atoms with van der Waals surface area (Å²) in [6.07, 6.45) is 0. The number of anilines is 1. The number of halogens is 1. The van der Waals surface area contributed by atoms with Crippen LogP contribution in [0.3, 0.4) is 0 Å². The molecular formula is C21H15ClN2O6. The Labute approximate surface area is 176 Å². The van der Waals surface area contributed by atoms with Gasteiger partial charge in [-0.15, -0.1) is 0 Å². The first-order valence-electron chi connectivity index (χ1n) is 8.66. The van der Waals surface area contributed by atoms with Gasteiger partial charge in [0.2, 0.25) is 0 Å². The Bertz CT molecular complexity index is 1080. The second kappa shape index (κ2) is 9.53. The lowest BCUT2D eigenvalue weighted by molar-refractivity contribution is -0.384. The quantitative estimate of drug-likeness (QED) is 0.258. The molecule has 0 spiro atoms. The molecule has 3 rings (SSSR count). The molecule has 0 heterocycles. The summed E-state index contributed by atoms with van der Waals surface area (Å²) < 4.78 is 10.4. The van der Waals surface area contributed by atoms with Crippen molar-refractivity contribution in [2.45, 2.75) is 0 Å². The third kappa shape index (κ3) is 5.55. The van der Waals surface area contributed by atoms with Gasteiger partial charge in [-0.2, -0.15) is 0 Å². The van der Waals surface area contributed by atoms with Gasteiger partial charge in [0.25, 0.3) is 11.6 Å². The highest BCUT2D eigenvalue weighted by Crippen LogP contribution is 2.21. The van der Waals surface area contributed by atoms with Gasteiger partial charge in [-0.05, 0) is 42.5 Å². The predicted octanol–water partition coefficient (Wildman–Crippen LogP) is 4.48. The topological polar surface area (TPSA) is 108 Å². The maximum Gasteiger partial charge on any atom is 0.349 e. The number of nitrogens with zero attached hydrogens (tertiary/aromatic N) is 1. The number of hydrogen-bond donors (Lipinski definition) is 1. The van der Waals surface area contributed by atoms with Crippen LogP contribution in [0.1, 0.15) is 10.4 Å². The molecule has 0 saturated heterocycles. The van der Waals surface area contributed by atoms with Gasteiger partial charge >= 0.3 is 5.97 Å². The van der Waals surface area contributed by atoms with E-state index in [1.807, 2.05) is 0 Å². The lowest BCUT2D eigenvalue weighted by Crippen LogP contribution is -2.17. The summed E-state index contributed by atoms with van der Waals surface area (Å²) in [7, 11) is 0. The summed E-state index contributed by atoms with van der Waals surface area (Å²) in [4.78, 5) is 34.4. The fourth-order valence-electron chi connectivity index (χ4n) is 2.44. The van der Waals surface area contributed by atoms with E-state index in [-0.39, 0.29) is 23.1 Å². The minimum Gasteiger partial charge on any atom is -0.482 e. The minimum absolute atomic E-state index is 0.143. The van der Waals surface area contributed by atoms with Crippen LogP contribution in [0, 0.1) is 10.1 Å². The second-order valence-electron chi connectivity index (χ2n) is 5.98. The molecule has 0 atom stereocenters. The number of non-ortho nitro benzene ring substituents is 1. The van der Waals surface area contributed by atoms with Crippen LogP contribution in [-0.4, -0.2) is 23.4 Å². The van der Waals surface area contributed by atoms with Crippen molar-refractivity contribution in [1.82, 2.24) is 0 Å². The second-order valence-corrected chi connectivity index (χ2v) is 6.38. The third-order valence-electron chi connectivity index (χ3n) is 3.85. The Kier molecular flexibility index (Phi) is 6.61. The first-order valence-corrected chi connectivity index (χ1v) is 9.04. The molecule has 152 valence electrons. The van der Waals surface area contributed by atoms with Crippen LogP contribution in [0.25, 0.3) is 0 Å². The summed E-state index contributed by atoms with van der Waals surface area (Å²) in [6, 6.07) is 18.3. The fraction of sp³-hybridized carbons (Fsp3) is 0.0476. The zero-order valence-corrected chi connectivity index (χ0v) is 16.2. The Morgan fingerprint density at radius 2 is 1.70 bits per heavy atom. The molecule has 0 aliphatic rings. The zero-order valence-electron chi connectivity index (χ0n) is 15.4. The Morgan fingerprint density at radius 1 is 0.967 bits per heavy atom. The van der Waals surface area contributed by atoms with Gasteiger partial charge in [0.1, 0.15) is 11.5 Å². The van der Waals surface area contributed by atoms with E-state index >= 15 is 0 Å². The van der Waals surface area contributed by atoms with Gasteiger partial charge in [0.15, 0.2) is 6.61 Å². The van der Waals surface area contributed by atoms with Crippen LogP contribution in [0.2, 0.25) is 5.02 Å². The highest BCUT2D eigenvalue weighted by atomic mass is 35.5. The molecule has 1 amide bonds. The molecular weight excluding hydrogens is 412 g/mol. The molecule has 3 aromatic carbocycles. The number of carbonyl (C=O) groups is 2. The first kappa shape index (κ1) is 20.8. The molecule has 1 N–H and O–H groups in total. The molecule has 0 fully saturated rings. The van der Waals surface area contributed by atoms with Gasteiger partial charge in [-0.3, -0.25) is 14.9 Å². The maximum absolute atomic E-state index is 12.2. The Hall–Kier alpha value is -3.91. The summed E-state index contributed by atoms with van der Waals surface area (Å²) in [6.45, 7) is -0.424. The van der Waals surface area contributed by atoms with Crippen LogP contribution in [-0.2, 0) is 4.79 Å². The summed E-state index contributed by atoms with van der Waals surface area (Å²) in [5.74, 6) is -0.623. The molecule has 9 heteroatoms. The van der Waals surface area contributed by atoms with Crippen molar-refractivity contribution in [3.8, 4) is 11.5 Å². The predicted molar refractivity (Wildman–Crippen MR) is 110 cm³/mol. The number of nitro benzene ring substituents is 1. The van der Waals surface area contributed by atoms with Crippen LogP contribution in [0.5, 0.6) is 11.5 Å². The number of esters is 1. The molecule has 0 unspecified atom stereocenters. The largest absolute Gasteiger partial charge is 0.482 e. The normalized spacial score (nSPS) is 10.2. The van der Waals surface area contributed by atoms with Gasteiger partial charge < -0.3 is 14.8 Å². The molecule has 0 aromatic heterocycles. The number of carbonyl (C=O) groups excluding carboxylic acids is 2. The van der Waals surface area contributed by atoms with Gasteiger partial charge in [-0.1, -0.05) is 29.8 Å². The van der Waals surface area contributed by atoms with Crippen molar-refractivity contribution in [2.24, 2.45) is 0 Å². The Balaban J connectivity index is 1.53. The highest BCUT2D eigenvalue weighted by molar-refractivity contribution is 6.34. The minimum atomic E-state index is -0.686. The van der Waals surface area contributed by atoms with E-state index < -0.39 is 17.5 Å². The monoisotopic (exact) mass is 426 g/mol. The summed E-state index contributed by atoms with van der Waals surface area (Å²) >= 11 is 6.00. The molecule has 0 bridgehead atoms. The zero-order chi connectivity index (χ0) is 21.5. The fourth-order valence-corrected chi connectivity index (χ4v) is 2.66. The average molecular weight is 427 g/mol. The van der Waals surface area contributed by atoms with E-state index in [1.165, 1.54) is 36.4 Å². The summed E-state index contributed by atoms with van der Waals surface area (Å²) in [5.41, 5.74) is 0.691. The lowest BCUT2D eigenvalue weighted by atomic mass is 10.2. The van der Waals surface area contributed by atoms with Gasteiger partial charge in [0.05, 0.1) is 21.6 Å². The lowest BCUT2D eigenvalue weighted by Gasteiger charge is -2.09. The number of nitro groups is 1.